The van der Waals surface area contributed by atoms with E-state index in [-0.39, 0.29) is 5.91 Å². The Hall–Kier alpha value is -2.76. The summed E-state index contributed by atoms with van der Waals surface area (Å²) in [6, 6.07) is 14.1. The standard InChI is InChI=1S/C19H21N5O/c25-19(16-11-10-14-6-4-5-7-15(14)12-16)20-13-18-21-22-23-24(18)17-8-2-1-3-9-17/h4-7,10-12,17H,1-3,8-9,13H2,(H,20,25). The summed E-state index contributed by atoms with van der Waals surface area (Å²) in [5, 5.41) is 17.2. The van der Waals surface area contributed by atoms with Crippen LogP contribution in [0.25, 0.3) is 10.8 Å². The molecule has 1 heterocycles. The normalized spacial score (nSPS) is 15.4. The second kappa shape index (κ2) is 7.01. The van der Waals surface area contributed by atoms with Crippen LogP contribution in [0.15, 0.2) is 42.5 Å². The number of nitrogens with one attached hydrogen (secondary N) is 1. The topological polar surface area (TPSA) is 72.7 Å². The highest BCUT2D eigenvalue weighted by molar-refractivity contribution is 5.98. The third-order valence-electron chi connectivity index (χ3n) is 4.90. The van der Waals surface area contributed by atoms with Crippen molar-refractivity contribution < 1.29 is 4.79 Å². The molecule has 1 fully saturated rings. The Labute approximate surface area is 146 Å². The number of hydrogen-bond acceptors (Lipinski definition) is 4. The second-order valence-electron chi connectivity index (χ2n) is 6.58. The van der Waals surface area contributed by atoms with Gasteiger partial charge in [0, 0.05) is 5.56 Å². The van der Waals surface area contributed by atoms with Crippen molar-refractivity contribution in [1.29, 1.82) is 0 Å². The average Bonchev–Trinajstić information content (AvgIpc) is 3.15. The minimum absolute atomic E-state index is 0.107. The summed E-state index contributed by atoms with van der Waals surface area (Å²) in [7, 11) is 0. The molecule has 6 nitrogen and oxygen atoms in total. The van der Waals surface area contributed by atoms with Crippen molar-refractivity contribution in [2.45, 2.75) is 44.7 Å². The zero-order chi connectivity index (χ0) is 17.1. The average molecular weight is 335 g/mol. The van der Waals surface area contributed by atoms with Crippen LogP contribution in [0.2, 0.25) is 0 Å². The van der Waals surface area contributed by atoms with Gasteiger partial charge in [-0.3, -0.25) is 4.79 Å². The molecular formula is C19H21N5O. The number of rotatable bonds is 4. The lowest BCUT2D eigenvalue weighted by molar-refractivity contribution is 0.0949. The monoisotopic (exact) mass is 335 g/mol. The summed E-state index contributed by atoms with van der Waals surface area (Å²) in [6.45, 7) is 0.342. The lowest BCUT2D eigenvalue weighted by atomic mass is 9.95. The van der Waals surface area contributed by atoms with Crippen LogP contribution >= 0.6 is 0 Å². The number of aromatic nitrogens is 4. The molecule has 0 atom stereocenters. The van der Waals surface area contributed by atoms with Crippen molar-refractivity contribution >= 4 is 16.7 Å². The van der Waals surface area contributed by atoms with E-state index in [9.17, 15) is 4.79 Å². The summed E-state index contributed by atoms with van der Waals surface area (Å²) in [5.74, 6) is 0.616. The molecule has 25 heavy (non-hydrogen) atoms. The van der Waals surface area contributed by atoms with Gasteiger partial charge in [0.2, 0.25) is 0 Å². The van der Waals surface area contributed by atoms with Gasteiger partial charge in [0.25, 0.3) is 5.91 Å². The third kappa shape index (κ3) is 3.38. The van der Waals surface area contributed by atoms with Crippen molar-refractivity contribution in [1.82, 2.24) is 25.5 Å². The molecule has 6 heteroatoms. The number of fused-ring (bicyclic) bond motifs is 1. The van der Waals surface area contributed by atoms with Crippen LogP contribution in [-0.2, 0) is 6.54 Å². The van der Waals surface area contributed by atoms with Crippen LogP contribution in [0, 0.1) is 0 Å². The first-order valence-electron chi connectivity index (χ1n) is 8.85. The maximum atomic E-state index is 12.5. The summed E-state index contributed by atoms with van der Waals surface area (Å²) >= 11 is 0. The Kier molecular flexibility index (Phi) is 4.41. The highest BCUT2D eigenvalue weighted by Gasteiger charge is 2.20. The van der Waals surface area contributed by atoms with Gasteiger partial charge in [0.1, 0.15) is 0 Å². The van der Waals surface area contributed by atoms with Crippen molar-refractivity contribution in [3.8, 4) is 0 Å². The van der Waals surface area contributed by atoms with E-state index >= 15 is 0 Å². The van der Waals surface area contributed by atoms with E-state index in [1.807, 2.05) is 47.1 Å². The molecule has 1 aliphatic carbocycles. The zero-order valence-electron chi connectivity index (χ0n) is 14.1. The fourth-order valence-electron chi connectivity index (χ4n) is 3.53. The van der Waals surface area contributed by atoms with E-state index in [2.05, 4.69) is 20.8 Å². The van der Waals surface area contributed by atoms with E-state index in [0.717, 1.165) is 29.4 Å². The maximum Gasteiger partial charge on any atom is 0.251 e. The Balaban J connectivity index is 1.45. The van der Waals surface area contributed by atoms with Gasteiger partial charge in [-0.15, -0.1) is 5.10 Å². The summed E-state index contributed by atoms with van der Waals surface area (Å²) in [5.41, 5.74) is 0.649. The Morgan fingerprint density at radius 1 is 1.08 bits per heavy atom. The Bertz CT molecular complexity index is 882. The highest BCUT2D eigenvalue weighted by atomic mass is 16.1. The lowest BCUT2D eigenvalue weighted by Gasteiger charge is -2.22. The second-order valence-corrected chi connectivity index (χ2v) is 6.58. The SMILES string of the molecule is O=C(NCc1nnnn1C1CCCCC1)c1ccc2ccccc2c1. The molecule has 0 aliphatic heterocycles. The van der Waals surface area contributed by atoms with Gasteiger partial charge < -0.3 is 5.32 Å². The van der Waals surface area contributed by atoms with Crippen molar-refractivity contribution in [3.63, 3.8) is 0 Å². The van der Waals surface area contributed by atoms with Crippen LogP contribution in [0.4, 0.5) is 0 Å². The minimum Gasteiger partial charge on any atom is -0.345 e. The first-order valence-corrected chi connectivity index (χ1v) is 8.85. The molecule has 1 saturated carbocycles. The van der Waals surface area contributed by atoms with Crippen LogP contribution in [0.3, 0.4) is 0 Å². The van der Waals surface area contributed by atoms with Crippen molar-refractivity contribution in [3.05, 3.63) is 53.9 Å². The number of tetrazole rings is 1. The molecule has 0 spiro atoms. The van der Waals surface area contributed by atoms with Gasteiger partial charge in [-0.2, -0.15) is 0 Å². The molecule has 3 aromatic rings. The first kappa shape index (κ1) is 15.7. The minimum atomic E-state index is -0.107. The molecule has 1 amide bonds. The molecule has 128 valence electrons. The molecule has 1 aromatic heterocycles. The maximum absolute atomic E-state index is 12.5. The summed E-state index contributed by atoms with van der Waals surface area (Å²) in [6.07, 6.45) is 5.93. The molecule has 0 unspecified atom stereocenters. The van der Waals surface area contributed by atoms with Gasteiger partial charge in [-0.25, -0.2) is 4.68 Å². The largest absolute Gasteiger partial charge is 0.345 e. The Morgan fingerprint density at radius 3 is 2.72 bits per heavy atom. The van der Waals surface area contributed by atoms with Crippen molar-refractivity contribution in [2.75, 3.05) is 0 Å². The molecule has 0 bridgehead atoms. The van der Waals surface area contributed by atoms with Gasteiger partial charge in [0.05, 0.1) is 12.6 Å². The number of carbonyl (C=O) groups is 1. The lowest BCUT2D eigenvalue weighted by Crippen LogP contribution is -2.26. The molecule has 1 aliphatic rings. The fraction of sp³-hybridized carbons (Fsp3) is 0.368. The number of nitrogens with zero attached hydrogens (tertiary/aromatic N) is 4. The zero-order valence-corrected chi connectivity index (χ0v) is 14.1. The first-order chi connectivity index (χ1) is 12.3. The van der Waals surface area contributed by atoms with Crippen LogP contribution < -0.4 is 5.32 Å². The fourth-order valence-corrected chi connectivity index (χ4v) is 3.53. The van der Waals surface area contributed by atoms with Gasteiger partial charge in [-0.1, -0.05) is 49.6 Å². The van der Waals surface area contributed by atoms with E-state index in [0.29, 0.717) is 18.2 Å². The van der Waals surface area contributed by atoms with E-state index in [1.54, 1.807) is 0 Å². The molecule has 0 saturated heterocycles. The number of benzene rings is 2. The van der Waals surface area contributed by atoms with Gasteiger partial charge >= 0.3 is 0 Å². The number of hydrogen-bond donors (Lipinski definition) is 1. The van der Waals surface area contributed by atoms with E-state index < -0.39 is 0 Å². The van der Waals surface area contributed by atoms with E-state index in [4.69, 9.17) is 0 Å². The third-order valence-corrected chi connectivity index (χ3v) is 4.90. The summed E-state index contributed by atoms with van der Waals surface area (Å²) in [4.78, 5) is 12.5. The quantitative estimate of drug-likeness (QED) is 0.794. The highest BCUT2D eigenvalue weighted by Crippen LogP contribution is 2.27. The van der Waals surface area contributed by atoms with Crippen LogP contribution in [0.1, 0.15) is 54.3 Å². The van der Waals surface area contributed by atoms with Crippen molar-refractivity contribution in [2.24, 2.45) is 0 Å². The smallest absolute Gasteiger partial charge is 0.251 e. The molecular weight excluding hydrogens is 314 g/mol. The number of carbonyl (C=O) groups excluding carboxylic acids is 1. The molecule has 0 radical (unpaired) electrons. The number of amides is 1. The molecule has 2 aromatic carbocycles. The predicted molar refractivity (Wildman–Crippen MR) is 95.1 cm³/mol. The Morgan fingerprint density at radius 2 is 1.88 bits per heavy atom. The predicted octanol–water partition coefficient (Wildman–Crippen LogP) is 3.26. The molecule has 4 rings (SSSR count). The molecule has 1 N–H and O–H groups in total. The van der Waals surface area contributed by atoms with Gasteiger partial charge in [0.15, 0.2) is 5.82 Å². The van der Waals surface area contributed by atoms with Gasteiger partial charge in [-0.05, 0) is 46.2 Å². The summed E-state index contributed by atoms with van der Waals surface area (Å²) < 4.78 is 1.89. The van der Waals surface area contributed by atoms with Crippen LogP contribution in [-0.4, -0.2) is 26.1 Å². The van der Waals surface area contributed by atoms with E-state index in [1.165, 1.54) is 19.3 Å². The van der Waals surface area contributed by atoms with Crippen LogP contribution in [0.5, 0.6) is 0 Å².